The molecule has 0 bridgehead atoms. The first-order valence-corrected chi connectivity index (χ1v) is 8.69. The highest BCUT2D eigenvalue weighted by molar-refractivity contribution is 7.99. The Morgan fingerprint density at radius 2 is 2.05 bits per heavy atom. The highest BCUT2D eigenvalue weighted by atomic mass is 32.2. The summed E-state index contributed by atoms with van der Waals surface area (Å²) in [6.07, 6.45) is 5.05. The topological polar surface area (TPSA) is 58.6 Å². The molecule has 2 N–H and O–H groups in total. The molecule has 0 aromatic rings. The lowest BCUT2D eigenvalue weighted by Crippen LogP contribution is -2.52. The fraction of sp³-hybridized carbons (Fsp3) is 0.933. The summed E-state index contributed by atoms with van der Waals surface area (Å²) in [4.78, 5) is 11.4. The zero-order valence-electron chi connectivity index (χ0n) is 13.0. The van der Waals surface area contributed by atoms with E-state index in [1.807, 2.05) is 25.6 Å². The van der Waals surface area contributed by atoms with Gasteiger partial charge in [-0.1, -0.05) is 6.42 Å². The number of hydrogen-bond donors (Lipinski definition) is 2. The molecule has 0 radical (unpaired) electrons. The Morgan fingerprint density at radius 1 is 1.40 bits per heavy atom. The molecule has 1 unspecified atom stereocenters. The van der Waals surface area contributed by atoms with Gasteiger partial charge in [0.15, 0.2) is 0 Å². The number of carboxylic acid groups (broad SMARTS) is 1. The van der Waals surface area contributed by atoms with Gasteiger partial charge in [0.2, 0.25) is 0 Å². The maximum Gasteiger partial charge on any atom is 0.323 e. The zero-order valence-corrected chi connectivity index (χ0v) is 13.8. The Bertz CT molecular complexity index is 293. The van der Waals surface area contributed by atoms with Gasteiger partial charge in [-0.25, -0.2) is 0 Å². The molecule has 0 aliphatic carbocycles. The summed E-state index contributed by atoms with van der Waals surface area (Å²) in [6, 6.07) is 0.188. The maximum atomic E-state index is 11.4. The van der Waals surface area contributed by atoms with E-state index in [1.165, 1.54) is 0 Å². The number of aliphatic carboxylic acids is 1. The van der Waals surface area contributed by atoms with Crippen molar-refractivity contribution in [2.75, 3.05) is 19.0 Å². The second kappa shape index (κ2) is 8.90. The summed E-state index contributed by atoms with van der Waals surface area (Å²) in [6.45, 7) is 7.56. The van der Waals surface area contributed by atoms with Crippen molar-refractivity contribution in [2.24, 2.45) is 0 Å². The number of carbonyl (C=O) groups is 1. The van der Waals surface area contributed by atoms with Crippen LogP contribution in [0.25, 0.3) is 0 Å². The second-order valence-corrected chi connectivity index (χ2v) is 7.48. The van der Waals surface area contributed by atoms with Crippen molar-refractivity contribution in [1.29, 1.82) is 0 Å². The van der Waals surface area contributed by atoms with Crippen LogP contribution in [0.3, 0.4) is 0 Å². The Labute approximate surface area is 127 Å². The minimum atomic E-state index is -0.794. The second-order valence-electron chi connectivity index (χ2n) is 6.08. The summed E-state index contributed by atoms with van der Waals surface area (Å²) in [7, 11) is 0. The average molecular weight is 303 g/mol. The molecule has 0 spiro atoms. The molecule has 118 valence electrons. The van der Waals surface area contributed by atoms with Gasteiger partial charge >= 0.3 is 5.97 Å². The molecule has 0 saturated carbocycles. The lowest BCUT2D eigenvalue weighted by molar-refractivity contribution is -0.144. The molecule has 1 rings (SSSR count). The summed E-state index contributed by atoms with van der Waals surface area (Å²) in [5.41, 5.74) is -0.794. The molecule has 20 heavy (non-hydrogen) atoms. The monoisotopic (exact) mass is 303 g/mol. The first-order valence-electron chi connectivity index (χ1n) is 7.64. The Hall–Kier alpha value is -0.260. The lowest BCUT2D eigenvalue weighted by Gasteiger charge is -2.28. The highest BCUT2D eigenvalue weighted by Gasteiger charge is 2.32. The van der Waals surface area contributed by atoms with Crippen LogP contribution >= 0.6 is 11.8 Å². The van der Waals surface area contributed by atoms with E-state index < -0.39 is 11.5 Å². The SMILES string of the molecule is CC(C)NC(C)(CCCCSC1CCOCC1)C(=O)O. The van der Waals surface area contributed by atoms with Gasteiger partial charge in [-0.05, 0) is 52.2 Å². The molecule has 0 aromatic carbocycles. The van der Waals surface area contributed by atoms with E-state index in [4.69, 9.17) is 4.74 Å². The van der Waals surface area contributed by atoms with Crippen LogP contribution in [0.15, 0.2) is 0 Å². The number of nitrogens with one attached hydrogen (secondary N) is 1. The summed E-state index contributed by atoms with van der Waals surface area (Å²) in [5.74, 6) is 0.380. The highest BCUT2D eigenvalue weighted by Crippen LogP contribution is 2.24. The third-order valence-electron chi connectivity index (χ3n) is 3.67. The molecule has 0 amide bonds. The first kappa shape index (κ1) is 17.8. The van der Waals surface area contributed by atoms with E-state index >= 15 is 0 Å². The van der Waals surface area contributed by atoms with Crippen molar-refractivity contribution in [3.05, 3.63) is 0 Å². The molecule has 1 aliphatic heterocycles. The number of unbranched alkanes of at least 4 members (excludes halogenated alkanes) is 1. The van der Waals surface area contributed by atoms with Crippen LogP contribution in [-0.2, 0) is 9.53 Å². The molecule has 1 fully saturated rings. The number of rotatable bonds is 9. The molecule has 4 nitrogen and oxygen atoms in total. The van der Waals surface area contributed by atoms with Gasteiger partial charge in [-0.3, -0.25) is 10.1 Å². The van der Waals surface area contributed by atoms with Crippen LogP contribution in [0.1, 0.15) is 52.9 Å². The molecule has 0 aromatic heterocycles. The zero-order chi connectivity index (χ0) is 15.0. The number of hydrogen-bond acceptors (Lipinski definition) is 4. The van der Waals surface area contributed by atoms with Crippen LogP contribution in [-0.4, -0.2) is 46.9 Å². The minimum Gasteiger partial charge on any atom is -0.480 e. The van der Waals surface area contributed by atoms with Gasteiger partial charge in [0.25, 0.3) is 0 Å². The smallest absolute Gasteiger partial charge is 0.323 e. The molecule has 5 heteroatoms. The van der Waals surface area contributed by atoms with Crippen molar-refractivity contribution >= 4 is 17.7 Å². The fourth-order valence-corrected chi connectivity index (χ4v) is 3.78. The van der Waals surface area contributed by atoms with Crippen LogP contribution in [0.4, 0.5) is 0 Å². The predicted molar refractivity (Wildman–Crippen MR) is 84.5 cm³/mol. The third-order valence-corrected chi connectivity index (χ3v) is 5.14. The fourth-order valence-electron chi connectivity index (χ4n) is 2.55. The summed E-state index contributed by atoms with van der Waals surface area (Å²) in [5, 5.41) is 13.3. The number of ether oxygens (including phenoxy) is 1. The van der Waals surface area contributed by atoms with Crippen LogP contribution in [0.2, 0.25) is 0 Å². The van der Waals surface area contributed by atoms with Crippen LogP contribution < -0.4 is 5.32 Å². The standard InChI is InChI=1S/C15H29NO3S/c1-12(2)16-15(3,14(17)18)8-4-5-11-20-13-6-9-19-10-7-13/h12-13,16H,4-11H2,1-3H3,(H,17,18). The van der Waals surface area contributed by atoms with Crippen molar-refractivity contribution in [3.63, 3.8) is 0 Å². The van der Waals surface area contributed by atoms with Gasteiger partial charge in [-0.2, -0.15) is 11.8 Å². The van der Waals surface area contributed by atoms with Crippen molar-refractivity contribution < 1.29 is 14.6 Å². The van der Waals surface area contributed by atoms with E-state index in [1.54, 1.807) is 6.92 Å². The molecule has 1 saturated heterocycles. The van der Waals surface area contributed by atoms with E-state index in [-0.39, 0.29) is 6.04 Å². The maximum absolute atomic E-state index is 11.4. The van der Waals surface area contributed by atoms with Gasteiger partial charge in [-0.15, -0.1) is 0 Å². The van der Waals surface area contributed by atoms with Crippen molar-refractivity contribution in [3.8, 4) is 0 Å². The largest absolute Gasteiger partial charge is 0.480 e. The number of carboxylic acids is 1. The molecular weight excluding hydrogens is 274 g/mol. The lowest BCUT2D eigenvalue weighted by atomic mass is 9.94. The van der Waals surface area contributed by atoms with Crippen LogP contribution in [0, 0.1) is 0 Å². The Kier molecular flexibility index (Phi) is 7.92. The quantitative estimate of drug-likeness (QED) is 0.641. The summed E-state index contributed by atoms with van der Waals surface area (Å²) < 4.78 is 5.35. The van der Waals surface area contributed by atoms with E-state index in [9.17, 15) is 9.90 Å². The molecule has 1 aliphatic rings. The normalized spacial score (nSPS) is 20.0. The first-order chi connectivity index (χ1) is 9.44. The molecular formula is C15H29NO3S. The minimum absolute atomic E-state index is 0.188. The van der Waals surface area contributed by atoms with Gasteiger partial charge in [0, 0.05) is 24.5 Å². The van der Waals surface area contributed by atoms with E-state index in [0.29, 0.717) is 6.42 Å². The number of thioether (sulfide) groups is 1. The van der Waals surface area contributed by atoms with Crippen molar-refractivity contribution in [1.82, 2.24) is 5.32 Å². The van der Waals surface area contributed by atoms with Crippen LogP contribution in [0.5, 0.6) is 0 Å². The molecule has 1 atom stereocenters. The van der Waals surface area contributed by atoms with E-state index in [2.05, 4.69) is 5.32 Å². The third kappa shape index (κ3) is 6.46. The van der Waals surface area contributed by atoms with Gasteiger partial charge in [0.05, 0.1) is 0 Å². The van der Waals surface area contributed by atoms with Crippen molar-refractivity contribution in [2.45, 2.75) is 69.7 Å². The summed E-state index contributed by atoms with van der Waals surface area (Å²) >= 11 is 2.02. The Morgan fingerprint density at radius 3 is 2.60 bits per heavy atom. The van der Waals surface area contributed by atoms with Gasteiger partial charge in [0.1, 0.15) is 5.54 Å². The predicted octanol–water partition coefficient (Wildman–Crippen LogP) is 2.91. The van der Waals surface area contributed by atoms with Gasteiger partial charge < -0.3 is 9.84 Å². The molecule has 1 heterocycles. The average Bonchev–Trinajstić information content (AvgIpc) is 2.38. The van der Waals surface area contributed by atoms with E-state index in [0.717, 1.165) is 49.9 Å². The Balaban J connectivity index is 2.18.